The van der Waals surface area contributed by atoms with Gasteiger partial charge in [0.15, 0.2) is 5.09 Å². The lowest BCUT2D eigenvalue weighted by Crippen LogP contribution is -2.43. The standard InChI is InChI=1S/C26H28ClN3O2S/c1-19(33-24-3-2-15-29-25(24)28)32-23-10-4-20(5-11-23)12-16-30-17-13-26(31,14-18-30)21-6-8-22(27)9-7-21/h2-11,15,31H,1,12-14,16-18H2,(H2,28,29). The molecule has 0 atom stereocenters. The number of anilines is 1. The zero-order chi connectivity index (χ0) is 23.3. The fourth-order valence-corrected chi connectivity index (χ4v) is 4.78. The molecule has 5 nitrogen and oxygen atoms in total. The monoisotopic (exact) mass is 481 g/mol. The van der Waals surface area contributed by atoms with Crippen molar-refractivity contribution in [3.8, 4) is 5.75 Å². The zero-order valence-corrected chi connectivity index (χ0v) is 20.0. The van der Waals surface area contributed by atoms with Gasteiger partial charge in [-0.2, -0.15) is 0 Å². The zero-order valence-electron chi connectivity index (χ0n) is 18.4. The Morgan fingerprint density at radius 3 is 2.48 bits per heavy atom. The number of ether oxygens (including phenoxy) is 1. The number of benzene rings is 2. The Bertz CT molecular complexity index is 1080. The first-order valence-corrected chi connectivity index (χ1v) is 12.2. The van der Waals surface area contributed by atoms with Gasteiger partial charge in [0.1, 0.15) is 11.6 Å². The smallest absolute Gasteiger partial charge is 0.158 e. The number of rotatable bonds is 8. The minimum atomic E-state index is -0.763. The van der Waals surface area contributed by atoms with Gasteiger partial charge in [-0.25, -0.2) is 4.98 Å². The molecule has 4 rings (SSSR count). The van der Waals surface area contributed by atoms with Crippen molar-refractivity contribution < 1.29 is 9.84 Å². The molecule has 0 amide bonds. The molecule has 0 saturated carbocycles. The Balaban J connectivity index is 1.23. The third-order valence-electron chi connectivity index (χ3n) is 5.96. The fourth-order valence-electron chi connectivity index (χ4n) is 3.97. The van der Waals surface area contributed by atoms with E-state index in [4.69, 9.17) is 22.1 Å². The minimum Gasteiger partial charge on any atom is -0.451 e. The van der Waals surface area contributed by atoms with Crippen molar-refractivity contribution in [1.82, 2.24) is 9.88 Å². The number of likely N-dealkylation sites (tertiary alicyclic amines) is 1. The number of hydrogen-bond acceptors (Lipinski definition) is 6. The summed E-state index contributed by atoms with van der Waals surface area (Å²) in [7, 11) is 0. The Morgan fingerprint density at radius 2 is 1.82 bits per heavy atom. The van der Waals surface area contributed by atoms with Crippen molar-refractivity contribution in [1.29, 1.82) is 0 Å². The summed E-state index contributed by atoms with van der Waals surface area (Å²) in [6.07, 6.45) is 4.05. The highest BCUT2D eigenvalue weighted by molar-refractivity contribution is 8.03. The molecule has 1 saturated heterocycles. The molecule has 7 heteroatoms. The van der Waals surface area contributed by atoms with E-state index < -0.39 is 5.60 Å². The van der Waals surface area contributed by atoms with Crippen LogP contribution in [0.2, 0.25) is 5.02 Å². The second kappa shape index (κ2) is 10.6. The van der Waals surface area contributed by atoms with Crippen LogP contribution in [0.15, 0.2) is 83.4 Å². The van der Waals surface area contributed by atoms with E-state index in [0.717, 1.165) is 55.1 Å². The molecule has 2 heterocycles. The molecule has 0 radical (unpaired) electrons. The van der Waals surface area contributed by atoms with Crippen molar-refractivity contribution in [3.63, 3.8) is 0 Å². The molecule has 0 unspecified atom stereocenters. The van der Waals surface area contributed by atoms with Gasteiger partial charge in [-0.15, -0.1) is 0 Å². The number of halogens is 1. The van der Waals surface area contributed by atoms with Crippen LogP contribution < -0.4 is 10.5 Å². The van der Waals surface area contributed by atoms with Gasteiger partial charge in [0, 0.05) is 30.9 Å². The van der Waals surface area contributed by atoms with E-state index in [0.29, 0.717) is 15.9 Å². The summed E-state index contributed by atoms with van der Waals surface area (Å²) in [5, 5.41) is 12.3. The largest absolute Gasteiger partial charge is 0.451 e. The van der Waals surface area contributed by atoms with E-state index in [2.05, 4.69) is 28.6 Å². The lowest BCUT2D eigenvalue weighted by molar-refractivity contribution is -0.0255. The van der Waals surface area contributed by atoms with E-state index >= 15 is 0 Å². The van der Waals surface area contributed by atoms with Crippen LogP contribution in [-0.4, -0.2) is 34.6 Å². The summed E-state index contributed by atoms with van der Waals surface area (Å²) in [5.74, 6) is 1.21. The van der Waals surface area contributed by atoms with Crippen LogP contribution in [0, 0.1) is 0 Å². The van der Waals surface area contributed by atoms with Crippen LogP contribution in [0.1, 0.15) is 24.0 Å². The Hall–Kier alpha value is -2.51. The lowest BCUT2D eigenvalue weighted by Gasteiger charge is -2.38. The van der Waals surface area contributed by atoms with Crippen LogP contribution in [-0.2, 0) is 12.0 Å². The maximum absolute atomic E-state index is 11.0. The van der Waals surface area contributed by atoms with E-state index in [1.165, 1.54) is 17.3 Å². The number of aliphatic hydroxyl groups is 1. The van der Waals surface area contributed by atoms with Crippen LogP contribution in [0.3, 0.4) is 0 Å². The highest BCUT2D eigenvalue weighted by Crippen LogP contribution is 2.34. The average molecular weight is 482 g/mol. The summed E-state index contributed by atoms with van der Waals surface area (Å²) in [6, 6.07) is 19.4. The molecule has 1 aliphatic rings. The Kier molecular flexibility index (Phi) is 7.60. The average Bonchev–Trinajstić information content (AvgIpc) is 2.81. The molecule has 0 spiro atoms. The minimum absolute atomic E-state index is 0.465. The van der Waals surface area contributed by atoms with Crippen LogP contribution >= 0.6 is 23.4 Å². The summed E-state index contributed by atoms with van der Waals surface area (Å²) < 4.78 is 5.83. The number of thioether (sulfide) groups is 1. The van der Waals surface area contributed by atoms with Crippen molar-refractivity contribution >= 4 is 29.2 Å². The van der Waals surface area contributed by atoms with Gasteiger partial charge in [-0.1, -0.05) is 35.9 Å². The van der Waals surface area contributed by atoms with Crippen molar-refractivity contribution in [2.24, 2.45) is 0 Å². The van der Waals surface area contributed by atoms with Crippen molar-refractivity contribution in [2.45, 2.75) is 29.8 Å². The summed E-state index contributed by atoms with van der Waals surface area (Å²) in [6.45, 7) is 6.67. The number of nitrogens with two attached hydrogens (primary N) is 1. The van der Waals surface area contributed by atoms with Crippen LogP contribution in [0.5, 0.6) is 5.75 Å². The van der Waals surface area contributed by atoms with Gasteiger partial charge in [-0.3, -0.25) is 0 Å². The molecule has 0 aliphatic carbocycles. The van der Waals surface area contributed by atoms with E-state index in [1.54, 1.807) is 6.20 Å². The molecule has 1 fully saturated rings. The molecule has 1 aliphatic heterocycles. The molecule has 33 heavy (non-hydrogen) atoms. The quantitative estimate of drug-likeness (QED) is 0.327. The van der Waals surface area contributed by atoms with Gasteiger partial charge < -0.3 is 20.5 Å². The van der Waals surface area contributed by atoms with Crippen molar-refractivity contribution in [2.75, 3.05) is 25.4 Å². The molecule has 1 aromatic heterocycles. The third-order valence-corrected chi connectivity index (χ3v) is 7.09. The number of nitrogens with zero attached hydrogens (tertiary/aromatic N) is 2. The number of piperidine rings is 1. The molecule has 0 bridgehead atoms. The van der Waals surface area contributed by atoms with Gasteiger partial charge in [-0.05, 0) is 85.1 Å². The number of hydrogen-bond donors (Lipinski definition) is 2. The van der Waals surface area contributed by atoms with Gasteiger partial charge in [0.2, 0.25) is 0 Å². The fraction of sp³-hybridized carbons (Fsp3) is 0.269. The van der Waals surface area contributed by atoms with E-state index in [-0.39, 0.29) is 0 Å². The maximum Gasteiger partial charge on any atom is 0.158 e. The summed E-state index contributed by atoms with van der Waals surface area (Å²) in [4.78, 5) is 7.30. The SMILES string of the molecule is C=C(Oc1ccc(CCN2CCC(O)(c3ccc(Cl)cc3)CC2)cc1)Sc1cccnc1N. The Morgan fingerprint density at radius 1 is 1.12 bits per heavy atom. The number of nitrogen functional groups attached to an aromatic ring is 1. The summed E-state index contributed by atoms with van der Waals surface area (Å²) >= 11 is 7.34. The first kappa shape index (κ1) is 23.6. The maximum atomic E-state index is 11.0. The predicted octanol–water partition coefficient (Wildman–Crippen LogP) is 5.49. The second-order valence-corrected chi connectivity index (χ2v) is 9.77. The van der Waals surface area contributed by atoms with E-state index in [1.807, 2.05) is 48.5 Å². The van der Waals surface area contributed by atoms with E-state index in [9.17, 15) is 5.11 Å². The normalized spacial score (nSPS) is 15.8. The topological polar surface area (TPSA) is 71.6 Å². The Labute approximate surface area is 204 Å². The van der Waals surface area contributed by atoms with Crippen LogP contribution in [0.4, 0.5) is 5.82 Å². The first-order valence-electron chi connectivity index (χ1n) is 11.0. The summed E-state index contributed by atoms with van der Waals surface area (Å²) in [5.41, 5.74) is 7.31. The number of aromatic nitrogens is 1. The lowest BCUT2D eigenvalue weighted by atomic mass is 9.84. The molecular weight excluding hydrogens is 454 g/mol. The highest BCUT2D eigenvalue weighted by atomic mass is 35.5. The molecule has 172 valence electrons. The van der Waals surface area contributed by atoms with Gasteiger partial charge >= 0.3 is 0 Å². The number of pyridine rings is 1. The first-order chi connectivity index (χ1) is 15.9. The molecule has 3 N–H and O–H groups in total. The molecule has 3 aromatic rings. The van der Waals surface area contributed by atoms with Gasteiger partial charge in [0.25, 0.3) is 0 Å². The third kappa shape index (κ3) is 6.30. The van der Waals surface area contributed by atoms with Crippen molar-refractivity contribution in [3.05, 3.63) is 94.7 Å². The van der Waals surface area contributed by atoms with Gasteiger partial charge in [0.05, 0.1) is 10.5 Å². The molecular formula is C26H28ClN3O2S. The highest BCUT2D eigenvalue weighted by Gasteiger charge is 2.33. The van der Waals surface area contributed by atoms with Crippen LogP contribution in [0.25, 0.3) is 0 Å². The molecule has 2 aromatic carbocycles. The second-order valence-electron chi connectivity index (χ2n) is 8.24. The predicted molar refractivity (Wildman–Crippen MR) is 135 cm³/mol.